The van der Waals surface area contributed by atoms with Crippen molar-refractivity contribution >= 4 is 17.8 Å². The average molecular weight is 290 g/mol. The fraction of sp³-hybridized carbons (Fsp3) is 0.400. The molecule has 1 aliphatic carbocycles. The van der Waals surface area contributed by atoms with Crippen LogP contribution in [0.1, 0.15) is 28.8 Å². The zero-order valence-electron chi connectivity index (χ0n) is 11.8. The van der Waals surface area contributed by atoms with Crippen molar-refractivity contribution < 1.29 is 19.5 Å². The van der Waals surface area contributed by atoms with E-state index in [1.165, 1.54) is 0 Å². The summed E-state index contributed by atoms with van der Waals surface area (Å²) in [6.45, 7) is 0.284. The standard InChI is InChI=1S/C15H18N2O4/c1-16-13(18)10-4-2-3-9(7-10)8-17-14(19)11-5-6-12(11)15(20)21/h2-4,7,11-12H,5-6,8H2,1H3,(H,16,18)(H,17,19)(H,20,21). The lowest BCUT2D eigenvalue weighted by Crippen LogP contribution is -2.43. The van der Waals surface area contributed by atoms with E-state index in [4.69, 9.17) is 5.11 Å². The SMILES string of the molecule is CNC(=O)c1cccc(CNC(=O)C2CCC2C(=O)O)c1. The molecule has 0 bridgehead atoms. The number of amides is 2. The molecule has 2 amide bonds. The van der Waals surface area contributed by atoms with E-state index in [-0.39, 0.29) is 18.4 Å². The van der Waals surface area contributed by atoms with Gasteiger partial charge >= 0.3 is 5.97 Å². The highest BCUT2D eigenvalue weighted by atomic mass is 16.4. The Bertz CT molecular complexity index is 571. The van der Waals surface area contributed by atoms with Gasteiger partial charge in [-0.15, -0.1) is 0 Å². The van der Waals surface area contributed by atoms with Gasteiger partial charge in [-0.1, -0.05) is 12.1 Å². The summed E-state index contributed by atoms with van der Waals surface area (Å²) in [5.74, 6) is -2.35. The molecule has 0 saturated heterocycles. The van der Waals surface area contributed by atoms with Crippen LogP contribution in [-0.4, -0.2) is 29.9 Å². The van der Waals surface area contributed by atoms with Crippen LogP contribution in [0.5, 0.6) is 0 Å². The van der Waals surface area contributed by atoms with Gasteiger partial charge in [0.15, 0.2) is 0 Å². The summed E-state index contributed by atoms with van der Waals surface area (Å²) in [5, 5.41) is 14.2. The molecule has 21 heavy (non-hydrogen) atoms. The zero-order chi connectivity index (χ0) is 15.4. The largest absolute Gasteiger partial charge is 0.481 e. The van der Waals surface area contributed by atoms with E-state index in [1.54, 1.807) is 25.2 Å². The van der Waals surface area contributed by atoms with Crippen molar-refractivity contribution in [1.29, 1.82) is 0 Å². The molecular weight excluding hydrogens is 272 g/mol. The number of carboxylic acid groups (broad SMARTS) is 1. The molecule has 3 N–H and O–H groups in total. The number of carbonyl (C=O) groups is 3. The van der Waals surface area contributed by atoms with E-state index in [0.717, 1.165) is 5.56 Å². The van der Waals surface area contributed by atoms with Crippen LogP contribution in [0.2, 0.25) is 0 Å². The highest BCUT2D eigenvalue weighted by molar-refractivity contribution is 5.94. The lowest BCUT2D eigenvalue weighted by Gasteiger charge is -2.31. The van der Waals surface area contributed by atoms with Crippen LogP contribution in [-0.2, 0) is 16.1 Å². The summed E-state index contributed by atoms with van der Waals surface area (Å²) in [5.41, 5.74) is 1.33. The zero-order valence-corrected chi connectivity index (χ0v) is 11.8. The van der Waals surface area contributed by atoms with Gasteiger partial charge in [-0.2, -0.15) is 0 Å². The molecule has 0 spiro atoms. The molecule has 6 heteroatoms. The molecule has 1 aromatic carbocycles. The average Bonchev–Trinajstić information content (AvgIpc) is 2.42. The topological polar surface area (TPSA) is 95.5 Å². The molecule has 6 nitrogen and oxygen atoms in total. The molecule has 0 heterocycles. The van der Waals surface area contributed by atoms with E-state index >= 15 is 0 Å². The van der Waals surface area contributed by atoms with Gasteiger partial charge in [0, 0.05) is 19.2 Å². The summed E-state index contributed by atoms with van der Waals surface area (Å²) in [4.78, 5) is 34.4. The van der Waals surface area contributed by atoms with Gasteiger partial charge in [-0.05, 0) is 30.5 Å². The van der Waals surface area contributed by atoms with Crippen molar-refractivity contribution in [2.75, 3.05) is 7.05 Å². The predicted molar refractivity (Wildman–Crippen MR) is 75.5 cm³/mol. The third kappa shape index (κ3) is 3.39. The van der Waals surface area contributed by atoms with Crippen molar-refractivity contribution in [2.24, 2.45) is 11.8 Å². The third-order valence-corrected chi connectivity index (χ3v) is 3.81. The van der Waals surface area contributed by atoms with E-state index < -0.39 is 17.8 Å². The molecule has 2 unspecified atom stereocenters. The number of nitrogens with one attached hydrogen (secondary N) is 2. The molecule has 0 aromatic heterocycles. The highest BCUT2D eigenvalue weighted by Gasteiger charge is 2.41. The molecule has 2 rings (SSSR count). The van der Waals surface area contributed by atoms with Crippen LogP contribution in [0.4, 0.5) is 0 Å². The maximum absolute atomic E-state index is 11.9. The Labute approximate surface area is 122 Å². The van der Waals surface area contributed by atoms with Gasteiger partial charge < -0.3 is 15.7 Å². The first kappa shape index (κ1) is 15.0. The molecule has 1 aromatic rings. The molecular formula is C15H18N2O4. The van der Waals surface area contributed by atoms with Crippen LogP contribution < -0.4 is 10.6 Å². The van der Waals surface area contributed by atoms with Gasteiger partial charge in [0.25, 0.3) is 5.91 Å². The van der Waals surface area contributed by atoms with E-state index in [1.807, 2.05) is 6.07 Å². The first-order valence-electron chi connectivity index (χ1n) is 6.84. The highest BCUT2D eigenvalue weighted by Crippen LogP contribution is 2.34. The van der Waals surface area contributed by atoms with Gasteiger partial charge in [-0.3, -0.25) is 14.4 Å². The van der Waals surface area contributed by atoms with Crippen LogP contribution in [0.15, 0.2) is 24.3 Å². The summed E-state index contributed by atoms with van der Waals surface area (Å²) >= 11 is 0. The Hall–Kier alpha value is -2.37. The monoisotopic (exact) mass is 290 g/mol. The smallest absolute Gasteiger partial charge is 0.307 e. The van der Waals surface area contributed by atoms with Crippen LogP contribution in [0.25, 0.3) is 0 Å². The predicted octanol–water partition coefficient (Wildman–Crippen LogP) is 0.773. The first-order valence-corrected chi connectivity index (χ1v) is 6.84. The molecule has 1 aliphatic rings. The van der Waals surface area contributed by atoms with Crippen molar-refractivity contribution in [2.45, 2.75) is 19.4 Å². The number of aliphatic carboxylic acids is 1. The van der Waals surface area contributed by atoms with Crippen molar-refractivity contribution in [3.63, 3.8) is 0 Å². The van der Waals surface area contributed by atoms with Crippen LogP contribution >= 0.6 is 0 Å². The Morgan fingerprint density at radius 2 is 1.95 bits per heavy atom. The molecule has 0 radical (unpaired) electrons. The number of benzene rings is 1. The van der Waals surface area contributed by atoms with Gasteiger partial charge in [0.05, 0.1) is 11.8 Å². The first-order chi connectivity index (χ1) is 10.0. The summed E-state index contributed by atoms with van der Waals surface area (Å²) in [6, 6.07) is 6.95. The quantitative estimate of drug-likeness (QED) is 0.746. The fourth-order valence-electron chi connectivity index (χ4n) is 2.40. The summed E-state index contributed by atoms with van der Waals surface area (Å²) in [6.07, 6.45) is 1.17. The molecule has 0 aliphatic heterocycles. The summed E-state index contributed by atoms with van der Waals surface area (Å²) in [7, 11) is 1.55. The van der Waals surface area contributed by atoms with E-state index in [9.17, 15) is 14.4 Å². The Kier molecular flexibility index (Phi) is 4.57. The van der Waals surface area contributed by atoms with Crippen molar-refractivity contribution in [3.8, 4) is 0 Å². The Balaban J connectivity index is 1.92. The van der Waals surface area contributed by atoms with Crippen molar-refractivity contribution in [3.05, 3.63) is 35.4 Å². The third-order valence-electron chi connectivity index (χ3n) is 3.81. The minimum atomic E-state index is -0.914. The minimum Gasteiger partial charge on any atom is -0.481 e. The number of hydrogen-bond acceptors (Lipinski definition) is 3. The molecule has 2 atom stereocenters. The maximum Gasteiger partial charge on any atom is 0.307 e. The molecule has 112 valence electrons. The van der Waals surface area contributed by atoms with Crippen molar-refractivity contribution in [1.82, 2.24) is 10.6 Å². The molecule has 1 saturated carbocycles. The number of carboxylic acids is 1. The number of carbonyl (C=O) groups excluding carboxylic acids is 2. The lowest BCUT2D eigenvalue weighted by molar-refractivity contribution is -0.152. The van der Waals surface area contributed by atoms with Gasteiger partial charge in [-0.25, -0.2) is 0 Å². The second-order valence-corrected chi connectivity index (χ2v) is 5.13. The minimum absolute atomic E-state index is 0.187. The maximum atomic E-state index is 11.9. The summed E-state index contributed by atoms with van der Waals surface area (Å²) < 4.78 is 0. The number of rotatable bonds is 5. The second-order valence-electron chi connectivity index (χ2n) is 5.13. The van der Waals surface area contributed by atoms with E-state index in [2.05, 4.69) is 10.6 Å². The molecule has 1 fully saturated rings. The van der Waals surface area contributed by atoms with Gasteiger partial charge in [0.2, 0.25) is 5.91 Å². The van der Waals surface area contributed by atoms with E-state index in [0.29, 0.717) is 18.4 Å². The fourth-order valence-corrected chi connectivity index (χ4v) is 2.40. The van der Waals surface area contributed by atoms with Gasteiger partial charge in [0.1, 0.15) is 0 Å². The van der Waals surface area contributed by atoms with Crippen LogP contribution in [0.3, 0.4) is 0 Å². The van der Waals surface area contributed by atoms with Crippen LogP contribution in [0, 0.1) is 11.8 Å². The lowest BCUT2D eigenvalue weighted by atomic mass is 9.73. The second kappa shape index (κ2) is 6.39. The Morgan fingerprint density at radius 1 is 1.24 bits per heavy atom. The Morgan fingerprint density at radius 3 is 2.52 bits per heavy atom. The number of hydrogen-bond donors (Lipinski definition) is 3. The normalized spacial score (nSPS) is 20.2.